The highest BCUT2D eigenvalue weighted by Crippen LogP contribution is 2.29. The molecule has 3 N–H and O–H groups in total. The number of rotatable bonds is 8. The third kappa shape index (κ3) is 4.77. The lowest BCUT2D eigenvalue weighted by Crippen LogP contribution is -2.32. The fourth-order valence-corrected chi connectivity index (χ4v) is 3.04. The number of carbonyl (C=O) groups is 1. The molecule has 1 aromatic heterocycles. The number of methoxy groups -OCH3 is 1. The van der Waals surface area contributed by atoms with Crippen molar-refractivity contribution >= 4 is 17.8 Å². The lowest BCUT2D eigenvalue weighted by atomic mass is 10.1. The van der Waals surface area contributed by atoms with Crippen LogP contribution in [0.1, 0.15) is 0 Å². The van der Waals surface area contributed by atoms with Gasteiger partial charge in [0.1, 0.15) is 23.1 Å². The van der Waals surface area contributed by atoms with Gasteiger partial charge in [-0.2, -0.15) is 5.10 Å². The van der Waals surface area contributed by atoms with Crippen molar-refractivity contribution in [2.45, 2.75) is 5.03 Å². The number of amides is 2. The van der Waals surface area contributed by atoms with E-state index in [1.54, 1.807) is 18.9 Å². The number of nitrogens with two attached hydrogens (primary N) is 1. The minimum absolute atomic E-state index is 0.350. The highest BCUT2D eigenvalue weighted by molar-refractivity contribution is 7.98. The number of benzene rings is 2. The van der Waals surface area contributed by atoms with Crippen molar-refractivity contribution in [2.24, 2.45) is 5.73 Å². The Morgan fingerprint density at radius 2 is 1.82 bits per heavy atom. The number of nitrogens with zero attached hydrogens (tertiary/aromatic N) is 2. The number of urea groups is 1. The molecule has 146 valence electrons. The van der Waals surface area contributed by atoms with Gasteiger partial charge >= 0.3 is 6.03 Å². The van der Waals surface area contributed by atoms with Crippen molar-refractivity contribution in [3.05, 3.63) is 54.6 Å². The van der Waals surface area contributed by atoms with Gasteiger partial charge in [-0.25, -0.2) is 9.48 Å². The Bertz CT molecular complexity index is 924. The Kier molecular flexibility index (Phi) is 6.44. The number of thioether (sulfide) groups is 1. The largest absolute Gasteiger partial charge is 0.497 e. The highest BCUT2D eigenvalue weighted by Gasteiger charge is 2.12. The van der Waals surface area contributed by atoms with Crippen molar-refractivity contribution in [1.29, 1.82) is 0 Å². The first-order chi connectivity index (χ1) is 13.6. The molecule has 0 aliphatic carbocycles. The summed E-state index contributed by atoms with van der Waals surface area (Å²) < 4.78 is 12.8. The Hall–Kier alpha value is -3.13. The lowest BCUT2D eigenvalue weighted by molar-refractivity contribution is 0.244. The first-order valence-corrected chi connectivity index (χ1v) is 9.88. The molecular weight excluding hydrogens is 376 g/mol. The van der Waals surface area contributed by atoms with Gasteiger partial charge in [-0.15, -0.1) is 11.8 Å². The number of primary amides is 1. The fourth-order valence-electron chi connectivity index (χ4n) is 2.65. The van der Waals surface area contributed by atoms with Gasteiger partial charge in [-0.1, -0.05) is 0 Å². The summed E-state index contributed by atoms with van der Waals surface area (Å²) >= 11 is 1.59. The van der Waals surface area contributed by atoms with Crippen molar-refractivity contribution in [1.82, 2.24) is 15.1 Å². The fraction of sp³-hybridized carbons (Fsp3) is 0.200. The van der Waals surface area contributed by atoms with Crippen LogP contribution in [-0.4, -0.2) is 42.3 Å². The summed E-state index contributed by atoms with van der Waals surface area (Å²) in [6, 6.07) is 17.0. The summed E-state index contributed by atoms with van der Waals surface area (Å²) in [5.41, 5.74) is 7.98. The van der Waals surface area contributed by atoms with Gasteiger partial charge in [0.25, 0.3) is 0 Å². The van der Waals surface area contributed by atoms with E-state index in [0.29, 0.717) is 13.2 Å². The van der Waals surface area contributed by atoms with Crippen LogP contribution in [0, 0.1) is 0 Å². The molecule has 3 rings (SSSR count). The van der Waals surface area contributed by atoms with E-state index in [2.05, 4.69) is 16.5 Å². The van der Waals surface area contributed by atoms with E-state index in [9.17, 15) is 4.79 Å². The van der Waals surface area contributed by atoms with Crippen molar-refractivity contribution < 1.29 is 14.3 Å². The zero-order chi connectivity index (χ0) is 19.9. The van der Waals surface area contributed by atoms with E-state index >= 15 is 0 Å². The second-order valence-electron chi connectivity index (χ2n) is 5.85. The molecule has 0 fully saturated rings. The van der Waals surface area contributed by atoms with Gasteiger partial charge in [0.05, 0.1) is 25.0 Å². The summed E-state index contributed by atoms with van der Waals surface area (Å²) in [5, 5.41) is 8.11. The Morgan fingerprint density at radius 3 is 2.43 bits per heavy atom. The van der Waals surface area contributed by atoms with Crippen LogP contribution in [0.3, 0.4) is 0 Å². The molecule has 1 heterocycles. The van der Waals surface area contributed by atoms with Gasteiger partial charge in [0, 0.05) is 5.56 Å². The predicted molar refractivity (Wildman–Crippen MR) is 110 cm³/mol. The number of carbonyl (C=O) groups excluding carboxylic acids is 1. The van der Waals surface area contributed by atoms with Crippen LogP contribution in [0.4, 0.5) is 4.79 Å². The van der Waals surface area contributed by atoms with E-state index in [0.717, 1.165) is 33.5 Å². The summed E-state index contributed by atoms with van der Waals surface area (Å²) in [7, 11) is 1.65. The number of hydrogen-bond acceptors (Lipinski definition) is 5. The number of aromatic nitrogens is 2. The molecular formula is C20H22N4O3S. The maximum absolute atomic E-state index is 10.7. The average molecular weight is 398 g/mol. The Morgan fingerprint density at radius 1 is 1.14 bits per heavy atom. The van der Waals surface area contributed by atoms with Gasteiger partial charge in [-0.05, 0) is 60.9 Å². The number of hydrogen-bond donors (Lipinski definition) is 2. The second-order valence-corrected chi connectivity index (χ2v) is 6.67. The quantitative estimate of drug-likeness (QED) is 0.449. The predicted octanol–water partition coefficient (Wildman–Crippen LogP) is 3.32. The van der Waals surface area contributed by atoms with E-state index in [1.807, 2.05) is 59.5 Å². The van der Waals surface area contributed by atoms with E-state index in [1.165, 1.54) is 0 Å². The van der Waals surface area contributed by atoms with E-state index < -0.39 is 6.03 Å². The molecule has 0 spiro atoms. The molecule has 2 aromatic carbocycles. The molecule has 2 amide bonds. The normalized spacial score (nSPS) is 10.5. The van der Waals surface area contributed by atoms with Crippen LogP contribution in [0.5, 0.6) is 11.5 Å². The Balaban J connectivity index is 1.80. The maximum atomic E-state index is 10.7. The molecule has 7 nitrogen and oxygen atoms in total. The average Bonchev–Trinajstić information content (AvgIpc) is 3.16. The summed E-state index contributed by atoms with van der Waals surface area (Å²) in [5.74, 6) is 1.52. The van der Waals surface area contributed by atoms with E-state index in [-0.39, 0.29) is 0 Å². The van der Waals surface area contributed by atoms with Gasteiger partial charge in [-0.3, -0.25) is 0 Å². The van der Waals surface area contributed by atoms with Gasteiger partial charge < -0.3 is 20.5 Å². The highest BCUT2D eigenvalue weighted by atomic mass is 32.2. The summed E-state index contributed by atoms with van der Waals surface area (Å²) in [6.07, 6.45) is 2.00. The zero-order valence-electron chi connectivity index (χ0n) is 15.7. The minimum Gasteiger partial charge on any atom is -0.497 e. The van der Waals surface area contributed by atoms with Crippen molar-refractivity contribution in [2.75, 3.05) is 26.5 Å². The number of nitrogens with one attached hydrogen (secondary N) is 1. The van der Waals surface area contributed by atoms with Gasteiger partial charge in [0.2, 0.25) is 0 Å². The van der Waals surface area contributed by atoms with Crippen molar-refractivity contribution in [3.8, 4) is 28.4 Å². The third-order valence-electron chi connectivity index (χ3n) is 4.03. The minimum atomic E-state index is -0.560. The van der Waals surface area contributed by atoms with Crippen LogP contribution >= 0.6 is 11.8 Å². The van der Waals surface area contributed by atoms with Crippen LogP contribution < -0.4 is 20.5 Å². The summed E-state index contributed by atoms with van der Waals surface area (Å²) in [4.78, 5) is 10.7. The summed E-state index contributed by atoms with van der Waals surface area (Å²) in [6.45, 7) is 0.709. The van der Waals surface area contributed by atoms with Crippen molar-refractivity contribution in [3.63, 3.8) is 0 Å². The second kappa shape index (κ2) is 9.18. The number of ether oxygens (including phenoxy) is 2. The topological polar surface area (TPSA) is 91.4 Å². The molecule has 0 saturated carbocycles. The van der Waals surface area contributed by atoms with Crippen LogP contribution in [-0.2, 0) is 0 Å². The standard InChI is InChI=1S/C20H22N4O3S/c1-26-16-9-5-15(6-10-16)24-18(13-19(23-24)28-2)14-3-7-17(8-4-14)27-12-11-22-20(21)25/h3-10,13H,11-12H2,1-2H3,(H3,21,22,25). The van der Waals surface area contributed by atoms with E-state index in [4.69, 9.17) is 15.2 Å². The molecule has 0 aliphatic rings. The molecule has 28 heavy (non-hydrogen) atoms. The Labute approximate surface area is 167 Å². The molecule has 0 atom stereocenters. The van der Waals surface area contributed by atoms with Crippen LogP contribution in [0.15, 0.2) is 59.6 Å². The molecule has 0 unspecified atom stereocenters. The van der Waals surface area contributed by atoms with Crippen LogP contribution in [0.25, 0.3) is 16.9 Å². The van der Waals surface area contributed by atoms with Crippen LogP contribution in [0.2, 0.25) is 0 Å². The molecule has 0 radical (unpaired) electrons. The smallest absolute Gasteiger partial charge is 0.312 e. The lowest BCUT2D eigenvalue weighted by Gasteiger charge is -2.10. The monoisotopic (exact) mass is 398 g/mol. The zero-order valence-corrected chi connectivity index (χ0v) is 16.5. The molecule has 0 bridgehead atoms. The molecule has 8 heteroatoms. The SMILES string of the molecule is COc1ccc(-n2nc(SC)cc2-c2ccc(OCCNC(N)=O)cc2)cc1. The first kappa shape index (κ1) is 19.6. The van der Waals surface area contributed by atoms with Gasteiger partial charge in [0.15, 0.2) is 0 Å². The first-order valence-electron chi connectivity index (χ1n) is 8.65. The third-order valence-corrected chi connectivity index (χ3v) is 4.65. The molecule has 0 aliphatic heterocycles. The molecule has 3 aromatic rings. The maximum Gasteiger partial charge on any atom is 0.312 e. The molecule has 0 saturated heterocycles.